The fourth-order valence-electron chi connectivity index (χ4n) is 4.53. The van der Waals surface area contributed by atoms with Gasteiger partial charge in [-0.1, -0.05) is 12.1 Å². The van der Waals surface area contributed by atoms with Gasteiger partial charge in [0.15, 0.2) is 0 Å². The lowest BCUT2D eigenvalue weighted by Gasteiger charge is -2.44. The number of aliphatic hydroxyl groups excluding tert-OH is 1. The molecule has 4 nitrogen and oxygen atoms in total. The van der Waals surface area contributed by atoms with Crippen molar-refractivity contribution < 1.29 is 9.90 Å². The molecule has 0 radical (unpaired) electrons. The second kappa shape index (κ2) is 4.71. The normalized spacial score (nSPS) is 23.7. The quantitative estimate of drug-likeness (QED) is 0.880. The van der Waals surface area contributed by atoms with Crippen molar-refractivity contribution in [3.05, 3.63) is 46.8 Å². The minimum absolute atomic E-state index is 0.0647. The predicted octanol–water partition coefficient (Wildman–Crippen LogP) is 2.62. The maximum absolute atomic E-state index is 12.1. The molecule has 23 heavy (non-hydrogen) atoms. The molecule has 0 bridgehead atoms. The fourth-order valence-corrected chi connectivity index (χ4v) is 4.53. The largest absolute Gasteiger partial charge is 0.392 e. The van der Waals surface area contributed by atoms with Crippen LogP contribution in [0.25, 0.3) is 10.9 Å². The molecule has 4 heteroatoms. The van der Waals surface area contributed by atoms with Crippen molar-refractivity contribution in [2.24, 2.45) is 7.05 Å². The Morgan fingerprint density at radius 3 is 2.83 bits per heavy atom. The van der Waals surface area contributed by atoms with Crippen molar-refractivity contribution >= 4 is 16.8 Å². The highest BCUT2D eigenvalue weighted by atomic mass is 16.3. The third-order valence-corrected chi connectivity index (χ3v) is 5.71. The second-order valence-corrected chi connectivity index (χ2v) is 6.97. The number of benzene rings is 1. The Labute approximate surface area is 136 Å². The van der Waals surface area contributed by atoms with E-state index < -0.39 is 0 Å². The number of likely N-dealkylation sites (tertiary alicyclic amines) is 1. The lowest BCUT2D eigenvalue weighted by atomic mass is 9.70. The van der Waals surface area contributed by atoms with Gasteiger partial charge in [0.1, 0.15) is 0 Å². The first kappa shape index (κ1) is 14.5. The molecule has 1 amide bonds. The molecule has 1 aromatic carbocycles. The molecule has 2 heterocycles. The zero-order valence-corrected chi connectivity index (χ0v) is 13.9. The van der Waals surface area contributed by atoms with Gasteiger partial charge >= 0.3 is 0 Å². The van der Waals surface area contributed by atoms with Crippen LogP contribution >= 0.6 is 0 Å². The van der Waals surface area contributed by atoms with Crippen LogP contribution in [0, 0.1) is 0 Å². The number of fused-ring (bicyclic) bond motifs is 5. The van der Waals surface area contributed by atoms with Gasteiger partial charge in [0.25, 0.3) is 0 Å². The highest BCUT2D eigenvalue weighted by Gasteiger charge is 2.44. The van der Waals surface area contributed by atoms with Gasteiger partial charge in [-0.25, -0.2) is 0 Å². The van der Waals surface area contributed by atoms with Crippen molar-refractivity contribution in [1.82, 2.24) is 9.47 Å². The smallest absolute Gasteiger partial charge is 0.226 e. The Hall–Kier alpha value is -2.07. The molecule has 1 aliphatic carbocycles. The molecule has 2 aromatic rings. The summed E-state index contributed by atoms with van der Waals surface area (Å²) in [4.78, 5) is 13.9. The topological polar surface area (TPSA) is 45.5 Å². The molecular formula is C19H22N2O2. The number of allylic oxidation sites excluding steroid dienone is 2. The van der Waals surface area contributed by atoms with Gasteiger partial charge in [0.05, 0.1) is 6.61 Å². The monoisotopic (exact) mass is 310 g/mol. The van der Waals surface area contributed by atoms with Crippen LogP contribution in [-0.2, 0) is 30.3 Å². The summed E-state index contributed by atoms with van der Waals surface area (Å²) in [7, 11) is 4.01. The molecule has 1 unspecified atom stereocenters. The number of nitrogens with zero attached hydrogens (tertiary/aromatic N) is 2. The molecule has 1 aromatic heterocycles. The zero-order valence-electron chi connectivity index (χ0n) is 13.9. The minimum Gasteiger partial charge on any atom is -0.392 e. The summed E-state index contributed by atoms with van der Waals surface area (Å²) >= 11 is 0. The Balaban J connectivity index is 1.99. The standard InChI is InChI=1S/C19H22N2O2/c1-19-9-8-17(23)21(3)16(19)7-5-13-14-10-12(11-22)4-6-15(14)20(2)18(13)19/h4,6-7,10,22H,5,8-9,11H2,1-3H3. The number of hydrogen-bond acceptors (Lipinski definition) is 2. The SMILES string of the molecule is CN1C(=O)CCC2(C)C1=CCc1c2n(C)c2ccc(CO)cc12. The Bertz CT molecular complexity index is 862. The molecular weight excluding hydrogens is 288 g/mol. The maximum atomic E-state index is 12.1. The van der Waals surface area contributed by atoms with Crippen LogP contribution in [0.2, 0.25) is 0 Å². The molecule has 2 aliphatic rings. The minimum atomic E-state index is -0.122. The molecule has 4 rings (SSSR count). The van der Waals surface area contributed by atoms with E-state index in [9.17, 15) is 9.90 Å². The Morgan fingerprint density at radius 2 is 2.09 bits per heavy atom. The Kier molecular flexibility index (Phi) is 2.97. The highest BCUT2D eigenvalue weighted by molar-refractivity contribution is 5.89. The van der Waals surface area contributed by atoms with E-state index in [1.807, 2.05) is 18.0 Å². The van der Waals surface area contributed by atoms with Crippen molar-refractivity contribution in [3.8, 4) is 0 Å². The number of carbonyl (C=O) groups excluding carboxylic acids is 1. The van der Waals surface area contributed by atoms with Crippen LogP contribution in [0.5, 0.6) is 0 Å². The van der Waals surface area contributed by atoms with Gasteiger partial charge in [-0.2, -0.15) is 0 Å². The predicted molar refractivity (Wildman–Crippen MR) is 90.0 cm³/mol. The number of amides is 1. The average molecular weight is 310 g/mol. The number of carbonyl (C=O) groups is 1. The van der Waals surface area contributed by atoms with Crippen LogP contribution in [0.1, 0.15) is 36.6 Å². The number of aliphatic hydroxyl groups is 1. The number of rotatable bonds is 1. The third kappa shape index (κ3) is 1.78. The van der Waals surface area contributed by atoms with Gasteiger partial charge in [-0.3, -0.25) is 4.79 Å². The van der Waals surface area contributed by atoms with E-state index in [1.165, 1.54) is 22.2 Å². The van der Waals surface area contributed by atoms with Crippen LogP contribution < -0.4 is 0 Å². The summed E-state index contributed by atoms with van der Waals surface area (Å²) < 4.78 is 2.28. The second-order valence-electron chi connectivity index (χ2n) is 6.97. The van der Waals surface area contributed by atoms with Crippen molar-refractivity contribution in [2.75, 3.05) is 7.05 Å². The molecule has 1 N–H and O–H groups in total. The highest BCUT2D eigenvalue weighted by Crippen LogP contribution is 2.48. The van der Waals surface area contributed by atoms with E-state index in [1.54, 1.807) is 0 Å². The van der Waals surface area contributed by atoms with Crippen molar-refractivity contribution in [2.45, 2.75) is 38.2 Å². The number of aryl methyl sites for hydroxylation is 1. The summed E-state index contributed by atoms with van der Waals surface area (Å²) in [6.45, 7) is 2.32. The summed E-state index contributed by atoms with van der Waals surface area (Å²) in [5.74, 6) is 0.207. The first-order valence-corrected chi connectivity index (χ1v) is 8.16. The van der Waals surface area contributed by atoms with Crippen LogP contribution in [0.15, 0.2) is 30.0 Å². The van der Waals surface area contributed by atoms with Crippen LogP contribution in [-0.4, -0.2) is 27.5 Å². The number of aromatic nitrogens is 1. The molecule has 0 saturated carbocycles. The maximum Gasteiger partial charge on any atom is 0.226 e. The Morgan fingerprint density at radius 1 is 1.30 bits per heavy atom. The molecule has 1 atom stereocenters. The van der Waals surface area contributed by atoms with E-state index in [4.69, 9.17) is 0 Å². The van der Waals surface area contributed by atoms with Gasteiger partial charge in [-0.15, -0.1) is 0 Å². The van der Waals surface area contributed by atoms with E-state index in [2.05, 4.69) is 36.7 Å². The zero-order chi connectivity index (χ0) is 16.4. The molecule has 0 spiro atoms. The molecule has 1 fully saturated rings. The molecule has 120 valence electrons. The summed E-state index contributed by atoms with van der Waals surface area (Å²) in [6.07, 6.45) is 4.49. The van der Waals surface area contributed by atoms with Gasteiger partial charge in [-0.05, 0) is 43.0 Å². The number of piperidine rings is 1. The van der Waals surface area contributed by atoms with E-state index >= 15 is 0 Å². The lowest BCUT2D eigenvalue weighted by molar-refractivity contribution is -0.131. The number of hydrogen-bond donors (Lipinski definition) is 1. The van der Waals surface area contributed by atoms with Gasteiger partial charge in [0.2, 0.25) is 5.91 Å². The summed E-state index contributed by atoms with van der Waals surface area (Å²) in [6, 6.07) is 6.19. The van der Waals surface area contributed by atoms with E-state index in [-0.39, 0.29) is 17.9 Å². The number of likely N-dealkylation sites (N-methyl/N-ethyl adjacent to an activating group) is 1. The van der Waals surface area contributed by atoms with E-state index in [0.717, 1.165) is 24.1 Å². The van der Waals surface area contributed by atoms with Gasteiger partial charge in [0, 0.05) is 48.2 Å². The molecule has 1 saturated heterocycles. The van der Waals surface area contributed by atoms with Crippen molar-refractivity contribution in [3.63, 3.8) is 0 Å². The third-order valence-electron chi connectivity index (χ3n) is 5.71. The van der Waals surface area contributed by atoms with Crippen molar-refractivity contribution in [1.29, 1.82) is 0 Å². The summed E-state index contributed by atoms with van der Waals surface area (Å²) in [5, 5.41) is 10.7. The lowest BCUT2D eigenvalue weighted by Crippen LogP contribution is -2.45. The van der Waals surface area contributed by atoms with Crippen LogP contribution in [0.3, 0.4) is 0 Å². The fraction of sp³-hybridized carbons (Fsp3) is 0.421. The molecule has 1 aliphatic heterocycles. The van der Waals surface area contributed by atoms with E-state index in [0.29, 0.717) is 6.42 Å². The first-order valence-electron chi connectivity index (χ1n) is 8.16. The summed E-state index contributed by atoms with van der Waals surface area (Å²) in [5.41, 5.74) is 5.81. The first-order chi connectivity index (χ1) is 11.0. The van der Waals surface area contributed by atoms with Crippen LogP contribution in [0.4, 0.5) is 0 Å². The average Bonchev–Trinajstić information content (AvgIpc) is 2.85. The van der Waals surface area contributed by atoms with Gasteiger partial charge < -0.3 is 14.6 Å².